The molecule has 0 aromatic heterocycles. The monoisotopic (exact) mass is 2450 g/mol. The molecule has 0 heterocycles. The zero-order valence-corrected chi connectivity index (χ0v) is 74.8. The van der Waals surface area contributed by atoms with Gasteiger partial charge in [-0.25, -0.2) is 149 Å². The van der Waals surface area contributed by atoms with Crippen molar-refractivity contribution in [3.63, 3.8) is 0 Å². The van der Waals surface area contributed by atoms with E-state index >= 15 is 0 Å². The molecule has 0 amide bonds. The van der Waals surface area contributed by atoms with Crippen LogP contribution in [0.4, 0.5) is 0 Å². The van der Waals surface area contributed by atoms with Crippen molar-refractivity contribution in [3.05, 3.63) is 0 Å². The molecule has 0 spiro atoms. The van der Waals surface area contributed by atoms with E-state index in [2.05, 4.69) is 101 Å². The third-order valence-corrected chi connectivity index (χ3v) is 3.50. The topological polar surface area (TPSA) is 1410 Å². The normalized spacial score (nSPS) is 8.08. The van der Waals surface area contributed by atoms with Crippen molar-refractivity contribution in [2.75, 3.05) is 151 Å². The zero-order chi connectivity index (χ0) is 77.0. The molecule has 0 rings (SSSR count). The third-order valence-electron chi connectivity index (χ3n) is 1.61. The molecule has 0 unspecified atom stereocenters. The molecule has 0 fully saturated rings. The van der Waals surface area contributed by atoms with Crippen molar-refractivity contribution in [3.8, 4) is 0 Å². The fourth-order valence-electron chi connectivity index (χ4n) is 0. The molecule has 0 bridgehead atoms. The summed E-state index contributed by atoms with van der Waals surface area (Å²) in [6, 6.07) is 0. The van der Waals surface area contributed by atoms with Crippen LogP contribution in [0.2, 0.25) is 0 Å². The maximum absolute atomic E-state index is 8.49. The Kier molecular flexibility index (Phi) is 482. The minimum absolute atomic E-state index is 0. The standard InChI is InChI=1S/4C2H8N2.8C2H7NS.4Ag.8ClHO4.4Co.8H2O/c12*3-1-2-4;;;;;8*2-1(3,4)5;;;;;;;;;;;;/h4*1-4H2;8*4H,1-3H2;;;;;8*(H,2,3,4,5);;;;;8*1H2/q;;;;;;;;;;;;4*+1;;;;;;;;;4*+3;;;;;;;;/p-16. The Bertz CT molecular complexity index is 756. The van der Waals surface area contributed by atoms with Crippen molar-refractivity contribution < 1.29 is 431 Å². The van der Waals surface area contributed by atoms with Crippen LogP contribution in [0.3, 0.4) is 0 Å². The van der Waals surface area contributed by atoms with E-state index in [1.807, 2.05) is 0 Å². The molecule has 80 heteroatoms. The van der Waals surface area contributed by atoms with E-state index in [4.69, 9.17) is 241 Å². The summed E-state index contributed by atoms with van der Waals surface area (Å²) in [5, 5.41) is 0. The predicted octanol–water partition coefficient (Wildman–Crippen LogP) is -53.1. The second-order valence-electron chi connectivity index (χ2n) is 9.28. The fraction of sp³-hybridized carbons (Fsp3) is 1.00. The molecule has 0 aliphatic rings. The van der Waals surface area contributed by atoms with Gasteiger partial charge in [-0.15, -0.1) is 81.9 Å². The van der Waals surface area contributed by atoms with Gasteiger partial charge in [-0.3, -0.25) is 0 Å². The number of halogens is 8. The summed E-state index contributed by atoms with van der Waals surface area (Å²) < 4.78 is 272. The van der Waals surface area contributed by atoms with Gasteiger partial charge < -0.3 is 237 Å². The Balaban J connectivity index is -0.0000000137. The summed E-state index contributed by atoms with van der Waals surface area (Å²) >= 11 is 35.4. The van der Waals surface area contributed by atoms with E-state index in [0.717, 1.165) is 0 Å². The quantitative estimate of drug-likeness (QED) is 0.0637. The van der Waals surface area contributed by atoms with Gasteiger partial charge >= 0.3 is 157 Å². The van der Waals surface area contributed by atoms with Crippen molar-refractivity contribution in [2.45, 2.75) is 0 Å². The Morgan fingerprint density at radius 1 is 0.135 bits per heavy atom. The van der Waals surface area contributed by atoms with Crippen molar-refractivity contribution in [2.24, 2.45) is 91.7 Å². The zero-order valence-electron chi connectivity index (χ0n) is 52.1. The summed E-state index contributed by atoms with van der Waals surface area (Å²) in [7, 11) is -39.6. The Morgan fingerprint density at radius 2 is 0.154 bits per heavy atom. The van der Waals surface area contributed by atoms with Gasteiger partial charge in [0.25, 0.3) is 0 Å². The molecule has 0 aliphatic heterocycles. The van der Waals surface area contributed by atoms with Gasteiger partial charge in [-0.1, -0.05) is 0 Å². The summed E-state index contributed by atoms with van der Waals surface area (Å²) in [4.78, 5) is 0. The molecule has 0 saturated heterocycles. The van der Waals surface area contributed by atoms with Gasteiger partial charge in [-0.05, 0) is 52.4 Å². The molecule has 104 heavy (non-hydrogen) atoms. The molecule has 48 N–H and O–H groups in total. The van der Waals surface area contributed by atoms with Crippen LogP contribution in [0.5, 0.6) is 0 Å². The summed E-state index contributed by atoms with van der Waals surface area (Å²) in [5.74, 6) is 5.44. The van der Waals surface area contributed by atoms with Crippen LogP contribution < -0.4 is 241 Å². The van der Waals surface area contributed by atoms with Crippen molar-refractivity contribution in [1.29, 1.82) is 0 Å². The largest absolute Gasteiger partial charge is 3.00 e. The predicted molar refractivity (Wildman–Crippen MR) is 272 cm³/mol. The summed E-state index contributed by atoms with van der Waals surface area (Å²) in [5.41, 5.74) is 78.6. The smallest absolute Gasteiger partial charge is 0.791 e. The van der Waals surface area contributed by atoms with Gasteiger partial charge in [0, 0.05) is 52.4 Å². The van der Waals surface area contributed by atoms with E-state index in [0.29, 0.717) is 151 Å². The number of hydrogen-bond acceptors (Lipinski definition) is 56. The first-order chi connectivity index (χ1) is 39.0. The number of hydrogen-bond donors (Lipinski definition) is 16. The molecule has 0 atom stereocenters. The third kappa shape index (κ3) is 3300. The number of rotatable bonds is 12. The van der Waals surface area contributed by atoms with Crippen LogP contribution in [-0.4, -0.2) is 195 Å². The van der Waals surface area contributed by atoms with Crippen molar-refractivity contribution in [1.82, 2.24) is 0 Å². The van der Waals surface area contributed by atoms with E-state index < -0.39 is 81.9 Å². The van der Waals surface area contributed by atoms with Gasteiger partial charge in [0.05, 0.1) is 0 Å². The fourth-order valence-corrected chi connectivity index (χ4v) is 0. The molecular weight excluding hydrogens is 2360 g/mol. The minimum atomic E-state index is -4.94. The maximum atomic E-state index is 8.49. The van der Waals surface area contributed by atoms with Crippen LogP contribution in [-0.2, 0) is 258 Å². The Hall–Kier alpha value is 7.87. The molecule has 0 aliphatic carbocycles. The molecule has 696 valence electrons. The molecule has 0 radical (unpaired) electrons. The van der Waals surface area contributed by atoms with Crippen molar-refractivity contribution >= 4 is 101 Å². The molecule has 0 saturated carbocycles. The first kappa shape index (κ1) is 239. The van der Waals surface area contributed by atoms with Crippen LogP contribution in [0.15, 0.2) is 0 Å². The van der Waals surface area contributed by atoms with Crippen LogP contribution >= 0.6 is 0 Å². The average Bonchev–Trinajstić information content (AvgIpc) is 3.35. The average molecular weight is 2460 g/mol. The molecular formula is C24H96Ag4Cl8Co4N16O40S8. The number of nitrogens with two attached hydrogens (primary N) is 16. The Morgan fingerprint density at radius 3 is 0.154 bits per heavy atom. The second kappa shape index (κ2) is 210. The van der Waals surface area contributed by atoms with E-state index in [-0.39, 0.29) is 200 Å². The van der Waals surface area contributed by atoms with Crippen LogP contribution in [0, 0.1) is 81.9 Å². The first-order valence-electron chi connectivity index (χ1n) is 19.8. The molecule has 56 nitrogen and oxygen atoms in total. The Labute approximate surface area is 766 Å². The van der Waals surface area contributed by atoms with Gasteiger partial charge in [-0.2, -0.15) is 46.0 Å². The second-order valence-corrected chi connectivity index (χ2v) is 18.6. The van der Waals surface area contributed by atoms with E-state index in [1.54, 1.807) is 0 Å². The van der Waals surface area contributed by atoms with Gasteiger partial charge in [0.15, 0.2) is 0 Å². The maximum Gasteiger partial charge on any atom is 3.00 e. The molecule has 0 aromatic carbocycles. The SMILES string of the molecule is NCCN.NCCN.NCCN.NCCN.NCC[S-].NCC[S-].NCC[S-].NCC[S-].NCC[S-].NCC[S-].NCC[S-].NCC[S-].O.O.O.O.O.O.O.O.[Ag+].[Ag+].[Ag+].[Ag+].[Co+3].[Co+3].[Co+3].[Co+3].[O-][Cl+3]([O-])([O-])[O-].[O-][Cl+3]([O-])([O-])[O-].[O-][Cl+3]([O-])([O-])[O-].[O-][Cl+3]([O-])([O-])[O-].[O-][Cl+3]([O-])([O-])[O-].[O-][Cl+3]([O-])([O-])[O-].[O-][Cl+3]([O-])([O-])[O-].[O-][Cl+3]([O-])([O-])[O-]. The minimum Gasteiger partial charge on any atom is -0.791 e. The van der Waals surface area contributed by atoms with Crippen LogP contribution in [0.1, 0.15) is 0 Å². The van der Waals surface area contributed by atoms with E-state index in [9.17, 15) is 0 Å². The van der Waals surface area contributed by atoms with Crippen LogP contribution in [0.25, 0.3) is 0 Å². The summed E-state index contributed by atoms with van der Waals surface area (Å²) in [6.07, 6.45) is 0. The molecule has 0 aromatic rings. The van der Waals surface area contributed by atoms with E-state index in [1.165, 1.54) is 0 Å². The van der Waals surface area contributed by atoms with Gasteiger partial charge in [0.2, 0.25) is 0 Å². The first-order valence-corrected chi connectivity index (χ1v) is 34.3. The van der Waals surface area contributed by atoms with Gasteiger partial charge in [0.1, 0.15) is 0 Å². The summed E-state index contributed by atoms with van der Waals surface area (Å²) in [6.45, 7) is 9.85.